The Kier molecular flexibility index (Phi) is 3.06. The fourth-order valence-corrected chi connectivity index (χ4v) is 2.05. The van der Waals surface area contributed by atoms with Gasteiger partial charge in [0.25, 0.3) is 0 Å². The van der Waals surface area contributed by atoms with Gasteiger partial charge in [0, 0.05) is 5.39 Å². The van der Waals surface area contributed by atoms with E-state index in [1.165, 1.54) is 36.4 Å². The summed E-state index contributed by atoms with van der Waals surface area (Å²) >= 11 is 0. The first-order chi connectivity index (χ1) is 10.1. The van der Waals surface area contributed by atoms with Crippen molar-refractivity contribution in [1.29, 1.82) is 0 Å². The number of fused-ring (bicyclic) bond motifs is 1. The van der Waals surface area contributed by atoms with Gasteiger partial charge in [-0.15, -0.1) is 0 Å². The van der Waals surface area contributed by atoms with Crippen molar-refractivity contribution in [2.75, 3.05) is 0 Å². The van der Waals surface area contributed by atoms with E-state index >= 15 is 0 Å². The summed E-state index contributed by atoms with van der Waals surface area (Å²) < 4.78 is 26.7. The highest BCUT2D eigenvalue weighted by atomic mass is 19.1. The number of benzene rings is 1. The third-order valence-electron chi connectivity index (χ3n) is 3.01. The topological polar surface area (TPSA) is 63.1 Å². The average molecular weight is 286 g/mol. The minimum Gasteiger partial charge on any atom is -0.478 e. The van der Waals surface area contributed by atoms with E-state index in [1.807, 2.05) is 0 Å². The number of rotatable bonds is 2. The lowest BCUT2D eigenvalue weighted by molar-refractivity contribution is 0.0699. The van der Waals surface area contributed by atoms with Gasteiger partial charge < -0.3 is 5.11 Å². The van der Waals surface area contributed by atoms with E-state index < -0.39 is 17.6 Å². The number of aromatic nitrogens is 2. The zero-order valence-electron chi connectivity index (χ0n) is 10.5. The van der Waals surface area contributed by atoms with Crippen LogP contribution in [0.15, 0.2) is 42.6 Å². The molecule has 21 heavy (non-hydrogen) atoms. The quantitative estimate of drug-likeness (QED) is 0.785. The molecule has 0 spiro atoms. The second-order valence-electron chi connectivity index (χ2n) is 4.36. The number of pyridine rings is 2. The van der Waals surface area contributed by atoms with Crippen LogP contribution in [-0.4, -0.2) is 21.0 Å². The highest BCUT2D eigenvalue weighted by Gasteiger charge is 2.15. The molecule has 2 aromatic heterocycles. The molecule has 0 amide bonds. The van der Waals surface area contributed by atoms with Crippen molar-refractivity contribution in [2.24, 2.45) is 0 Å². The predicted molar refractivity (Wildman–Crippen MR) is 71.8 cm³/mol. The van der Waals surface area contributed by atoms with E-state index in [4.69, 9.17) is 0 Å². The van der Waals surface area contributed by atoms with Crippen LogP contribution in [0.1, 0.15) is 10.4 Å². The molecule has 0 saturated heterocycles. The molecule has 1 N–H and O–H groups in total. The lowest BCUT2D eigenvalue weighted by atomic mass is 10.1. The molecule has 0 aliphatic carbocycles. The molecular weight excluding hydrogens is 278 g/mol. The molecule has 2 heterocycles. The monoisotopic (exact) mass is 286 g/mol. The SMILES string of the molecule is O=C(O)c1cc(-c2ccc(F)cn2)nc2c(F)cccc12. The van der Waals surface area contributed by atoms with Crippen LogP contribution < -0.4 is 0 Å². The largest absolute Gasteiger partial charge is 0.478 e. The molecule has 4 nitrogen and oxygen atoms in total. The Bertz CT molecular complexity index is 848. The number of hydrogen-bond donors (Lipinski definition) is 1. The standard InChI is InChI=1S/C15H8F2N2O2/c16-8-4-5-12(18-7-8)13-6-10(15(20)21)9-2-1-3-11(17)14(9)19-13/h1-7H,(H,20,21). The van der Waals surface area contributed by atoms with Crippen LogP contribution in [0.2, 0.25) is 0 Å². The highest BCUT2D eigenvalue weighted by Crippen LogP contribution is 2.25. The lowest BCUT2D eigenvalue weighted by Gasteiger charge is -2.07. The van der Waals surface area contributed by atoms with Crippen molar-refractivity contribution < 1.29 is 18.7 Å². The Morgan fingerprint density at radius 1 is 1.10 bits per heavy atom. The Labute approximate surface area is 117 Å². The van der Waals surface area contributed by atoms with E-state index in [0.29, 0.717) is 0 Å². The van der Waals surface area contributed by atoms with Crippen LogP contribution in [-0.2, 0) is 0 Å². The zero-order valence-corrected chi connectivity index (χ0v) is 10.5. The van der Waals surface area contributed by atoms with Crippen LogP contribution in [0.3, 0.4) is 0 Å². The van der Waals surface area contributed by atoms with Crippen LogP contribution >= 0.6 is 0 Å². The number of carboxylic acids is 1. The number of halogens is 2. The molecule has 0 unspecified atom stereocenters. The first kappa shape index (κ1) is 13.1. The van der Waals surface area contributed by atoms with Gasteiger partial charge in [-0.3, -0.25) is 4.98 Å². The maximum atomic E-state index is 13.9. The second kappa shape index (κ2) is 4.90. The van der Waals surface area contributed by atoms with Gasteiger partial charge in [0.1, 0.15) is 17.2 Å². The number of hydrogen-bond acceptors (Lipinski definition) is 3. The normalized spacial score (nSPS) is 10.8. The highest BCUT2D eigenvalue weighted by molar-refractivity contribution is 6.03. The van der Waals surface area contributed by atoms with E-state index in [-0.39, 0.29) is 27.9 Å². The molecule has 6 heteroatoms. The van der Waals surface area contributed by atoms with Gasteiger partial charge >= 0.3 is 5.97 Å². The van der Waals surface area contributed by atoms with Crippen molar-refractivity contribution in [3.8, 4) is 11.4 Å². The summed E-state index contributed by atoms with van der Waals surface area (Å²) in [6.07, 6.45) is 0.989. The van der Waals surface area contributed by atoms with Gasteiger partial charge in [-0.2, -0.15) is 0 Å². The Morgan fingerprint density at radius 3 is 2.57 bits per heavy atom. The molecule has 0 atom stereocenters. The number of carbonyl (C=O) groups is 1. The molecule has 0 bridgehead atoms. The van der Waals surface area contributed by atoms with Crippen LogP contribution in [0.25, 0.3) is 22.3 Å². The Balaban J connectivity index is 2.32. The summed E-state index contributed by atoms with van der Waals surface area (Å²) in [5.74, 6) is -2.35. The van der Waals surface area contributed by atoms with Gasteiger partial charge in [-0.1, -0.05) is 12.1 Å². The van der Waals surface area contributed by atoms with Gasteiger partial charge in [0.15, 0.2) is 0 Å². The van der Waals surface area contributed by atoms with Crippen molar-refractivity contribution >= 4 is 16.9 Å². The molecule has 3 rings (SSSR count). The molecule has 0 fully saturated rings. The van der Waals surface area contributed by atoms with Crippen molar-refractivity contribution in [1.82, 2.24) is 9.97 Å². The molecule has 0 aliphatic rings. The molecule has 1 aromatic carbocycles. The van der Waals surface area contributed by atoms with Crippen LogP contribution in [0.4, 0.5) is 8.78 Å². The van der Waals surface area contributed by atoms with E-state index in [0.717, 1.165) is 6.20 Å². The lowest BCUT2D eigenvalue weighted by Crippen LogP contribution is -2.02. The number of aromatic carboxylic acids is 1. The summed E-state index contributed by atoms with van der Waals surface area (Å²) in [6.45, 7) is 0. The molecule has 104 valence electrons. The van der Waals surface area contributed by atoms with E-state index in [2.05, 4.69) is 9.97 Å². The third-order valence-corrected chi connectivity index (χ3v) is 3.01. The first-order valence-corrected chi connectivity index (χ1v) is 6.01. The zero-order chi connectivity index (χ0) is 15.0. The Morgan fingerprint density at radius 2 is 1.90 bits per heavy atom. The molecule has 0 saturated carbocycles. The average Bonchev–Trinajstić information content (AvgIpc) is 2.47. The smallest absolute Gasteiger partial charge is 0.336 e. The number of nitrogens with zero attached hydrogens (tertiary/aromatic N) is 2. The predicted octanol–water partition coefficient (Wildman–Crippen LogP) is 3.27. The van der Waals surface area contributed by atoms with Crippen molar-refractivity contribution in [3.05, 3.63) is 59.8 Å². The minimum absolute atomic E-state index is 0.0569. The minimum atomic E-state index is -1.20. The molecule has 0 radical (unpaired) electrons. The van der Waals surface area contributed by atoms with Crippen molar-refractivity contribution in [3.63, 3.8) is 0 Å². The molecule has 3 aromatic rings. The van der Waals surface area contributed by atoms with Crippen molar-refractivity contribution in [2.45, 2.75) is 0 Å². The van der Waals surface area contributed by atoms with Crippen LogP contribution in [0, 0.1) is 11.6 Å². The van der Waals surface area contributed by atoms with Gasteiger partial charge in [-0.25, -0.2) is 18.6 Å². The fraction of sp³-hybridized carbons (Fsp3) is 0. The summed E-state index contributed by atoms with van der Waals surface area (Å²) in [5, 5.41) is 9.46. The third kappa shape index (κ3) is 2.31. The summed E-state index contributed by atoms with van der Waals surface area (Å²) in [6, 6.07) is 7.93. The first-order valence-electron chi connectivity index (χ1n) is 6.01. The Hall–Kier alpha value is -2.89. The van der Waals surface area contributed by atoms with Crippen LogP contribution in [0.5, 0.6) is 0 Å². The number of para-hydroxylation sites is 1. The fourth-order valence-electron chi connectivity index (χ4n) is 2.05. The second-order valence-corrected chi connectivity index (χ2v) is 4.36. The van der Waals surface area contributed by atoms with E-state index in [9.17, 15) is 18.7 Å². The summed E-state index contributed by atoms with van der Waals surface area (Å²) in [7, 11) is 0. The summed E-state index contributed by atoms with van der Waals surface area (Å²) in [4.78, 5) is 19.3. The molecule has 0 aliphatic heterocycles. The van der Waals surface area contributed by atoms with Gasteiger partial charge in [-0.05, 0) is 24.3 Å². The van der Waals surface area contributed by atoms with E-state index in [1.54, 1.807) is 0 Å². The van der Waals surface area contributed by atoms with Gasteiger partial charge in [0.05, 0.1) is 23.1 Å². The molecular formula is C15H8F2N2O2. The maximum Gasteiger partial charge on any atom is 0.336 e. The maximum absolute atomic E-state index is 13.9. The van der Waals surface area contributed by atoms with Gasteiger partial charge in [0.2, 0.25) is 0 Å². The number of carboxylic acid groups (broad SMARTS) is 1. The summed E-state index contributed by atoms with van der Waals surface area (Å²) in [5.41, 5.74) is 0.299.